The van der Waals surface area contributed by atoms with Gasteiger partial charge in [0.25, 0.3) is 0 Å². The fraction of sp³-hybridized carbons (Fsp3) is 0.750. The summed E-state index contributed by atoms with van der Waals surface area (Å²) in [6.07, 6.45) is 8.65. The number of unbranched alkanes of at least 4 members (excludes halogenated alkanes) is 3. The minimum absolute atomic E-state index is 0. The van der Waals surface area contributed by atoms with Crippen molar-refractivity contribution in [3.63, 3.8) is 0 Å². The average Bonchev–Trinajstić information content (AvgIpc) is 2.61. The van der Waals surface area contributed by atoms with E-state index in [1.54, 1.807) is 18.1 Å². The Labute approximate surface area is 149 Å². The Kier molecular flexibility index (Phi) is 101. The van der Waals surface area contributed by atoms with Crippen LogP contribution in [0.5, 0.6) is 0 Å². The van der Waals surface area contributed by atoms with Crippen LogP contribution in [0, 0.1) is 0 Å². The van der Waals surface area contributed by atoms with Crippen molar-refractivity contribution >= 4 is 36.0 Å². The Morgan fingerprint density at radius 3 is 0.864 bits per heavy atom. The Balaban J connectivity index is -0.0000000613. The predicted molar refractivity (Wildman–Crippen MR) is 91.9 cm³/mol. The molecule has 0 unspecified atom stereocenters. The van der Waals surface area contributed by atoms with Crippen molar-refractivity contribution in [2.75, 3.05) is 0 Å². The maximum Gasteiger partial charge on any atom is 0.0479 e. The predicted octanol–water partition coefficient (Wildman–Crippen LogP) is 3.78. The van der Waals surface area contributed by atoms with Crippen molar-refractivity contribution in [1.82, 2.24) is 0 Å². The molecule has 0 aliphatic carbocycles. The van der Waals surface area contributed by atoms with Gasteiger partial charge in [0.2, 0.25) is 0 Å². The molecule has 0 heterocycles. The summed E-state index contributed by atoms with van der Waals surface area (Å²) in [5.74, 6) is 0. The van der Waals surface area contributed by atoms with Crippen molar-refractivity contribution < 1.29 is 36.0 Å². The molecular formula is C16H31CoO4Si-4. The Morgan fingerprint density at radius 1 is 0.545 bits per heavy atom. The Bertz CT molecular complexity index is 127. The van der Waals surface area contributed by atoms with E-state index in [0.29, 0.717) is 0 Å². The normalized spacial score (nSPS) is 7.27. The van der Waals surface area contributed by atoms with Gasteiger partial charge in [-0.25, -0.2) is 0 Å². The zero-order valence-corrected chi connectivity index (χ0v) is 16.2. The van der Waals surface area contributed by atoms with E-state index in [4.69, 9.17) is 19.2 Å². The summed E-state index contributed by atoms with van der Waals surface area (Å²) >= 11 is 0. The molecule has 0 aromatic rings. The molecule has 0 amide bonds. The van der Waals surface area contributed by atoms with Gasteiger partial charge in [-0.05, 0) is 0 Å². The van der Waals surface area contributed by atoms with Gasteiger partial charge in [-0.1, -0.05) is 77.4 Å². The number of hydrogen-bond acceptors (Lipinski definition) is 4. The van der Waals surface area contributed by atoms with Crippen molar-refractivity contribution in [1.29, 1.82) is 0 Å². The molecule has 0 aromatic heterocycles. The third kappa shape index (κ3) is 50.5. The van der Waals surface area contributed by atoms with Crippen molar-refractivity contribution in [2.45, 2.75) is 77.4 Å². The second-order valence-corrected chi connectivity index (χ2v) is 7.06. The van der Waals surface area contributed by atoms with Gasteiger partial charge in [-0.15, -0.1) is 0 Å². The monoisotopic (exact) mass is 374 g/mol. The molecule has 0 aliphatic heterocycles. The summed E-state index contributed by atoms with van der Waals surface area (Å²) < 4.78 is 0. The zero-order chi connectivity index (χ0) is 17.9. The van der Waals surface area contributed by atoms with Crippen LogP contribution in [0.15, 0.2) is 0 Å². The van der Waals surface area contributed by atoms with E-state index in [0.717, 1.165) is 0 Å². The van der Waals surface area contributed by atoms with Crippen LogP contribution in [0.2, 0.25) is 18.1 Å². The molecule has 0 aliphatic rings. The summed E-state index contributed by atoms with van der Waals surface area (Å²) in [5.41, 5.74) is 0. The van der Waals surface area contributed by atoms with Gasteiger partial charge in [-0.3, -0.25) is 27.2 Å². The number of hydrogen-bond donors (Lipinski definition) is 0. The molecule has 0 spiro atoms. The topological polar surface area (TPSA) is 68.3 Å². The second-order valence-electron chi connectivity index (χ2n) is 4.06. The molecule has 0 saturated carbocycles. The standard InChI is InChI=1S/C12H27Si.4CHO.Co/c1-4-7-10-13(11-8-5-2)12-9-6-3;4*1-2;/h4-12H2,1-3H3;4*1H;/q;4*-1;. The molecule has 22 heavy (non-hydrogen) atoms. The smallest absolute Gasteiger partial charge is 0.0479 e. The Morgan fingerprint density at radius 2 is 0.727 bits per heavy atom. The molecule has 4 nitrogen and oxygen atoms in total. The quantitative estimate of drug-likeness (QED) is 0.350. The van der Waals surface area contributed by atoms with Crippen LogP contribution < -0.4 is 0 Å². The van der Waals surface area contributed by atoms with Crippen LogP contribution in [0.4, 0.5) is 0 Å². The largest absolute Gasteiger partial charge is 0.545 e. The molecule has 6 heteroatoms. The third-order valence-electron chi connectivity index (χ3n) is 2.65. The first-order chi connectivity index (χ1) is 10.3. The first-order valence-electron chi connectivity index (χ1n) is 7.12. The van der Waals surface area contributed by atoms with Crippen LogP contribution in [0.1, 0.15) is 59.3 Å². The molecule has 0 N–H and O–H groups in total. The van der Waals surface area contributed by atoms with Crippen molar-refractivity contribution in [3.05, 3.63) is 0 Å². The molecule has 0 rings (SSSR count). The number of carbonyl (C=O) groups excluding carboxylic acids is 4. The summed E-state index contributed by atoms with van der Waals surface area (Å²) in [7, 11) is 0.0675. The van der Waals surface area contributed by atoms with Gasteiger partial charge in [0, 0.05) is 25.6 Å². The fourth-order valence-electron chi connectivity index (χ4n) is 1.66. The van der Waals surface area contributed by atoms with E-state index in [2.05, 4.69) is 47.9 Å². The van der Waals surface area contributed by atoms with Crippen LogP contribution in [0.3, 0.4) is 0 Å². The molecule has 0 saturated heterocycles. The molecule has 0 fully saturated rings. The minimum Gasteiger partial charge on any atom is -0.545 e. The molecule has 2 radical (unpaired) electrons. The summed E-state index contributed by atoms with van der Waals surface area (Å²) in [4.78, 5) is 31.0. The van der Waals surface area contributed by atoms with E-state index in [1.807, 2.05) is 0 Å². The summed E-state index contributed by atoms with van der Waals surface area (Å²) in [6, 6.07) is 4.75. The van der Waals surface area contributed by atoms with Crippen LogP contribution >= 0.6 is 0 Å². The van der Waals surface area contributed by atoms with Crippen LogP contribution in [0.25, 0.3) is 0 Å². The van der Waals surface area contributed by atoms with Gasteiger partial charge < -0.3 is 19.2 Å². The zero-order valence-electron chi connectivity index (χ0n) is 14.1. The van der Waals surface area contributed by atoms with Gasteiger partial charge in [-0.2, -0.15) is 0 Å². The van der Waals surface area contributed by atoms with Crippen molar-refractivity contribution in [3.8, 4) is 0 Å². The maximum absolute atomic E-state index is 7.75. The second kappa shape index (κ2) is 59.1. The van der Waals surface area contributed by atoms with Gasteiger partial charge in [0.1, 0.15) is 0 Å². The molecule has 136 valence electrons. The van der Waals surface area contributed by atoms with E-state index >= 15 is 0 Å². The maximum atomic E-state index is 7.75. The van der Waals surface area contributed by atoms with Crippen LogP contribution in [-0.2, 0) is 36.0 Å². The molecule has 0 atom stereocenters. The third-order valence-corrected chi connectivity index (χ3v) is 5.83. The molecular weight excluding hydrogens is 343 g/mol. The van der Waals surface area contributed by atoms with Crippen LogP contribution in [-0.4, -0.2) is 36.0 Å². The minimum atomic E-state index is 0. The van der Waals surface area contributed by atoms with Gasteiger partial charge in [0.15, 0.2) is 0 Å². The Hall–Kier alpha value is -0.597. The first-order valence-corrected chi connectivity index (χ1v) is 9.25. The number of rotatable bonds is 9. The van der Waals surface area contributed by atoms with Crippen molar-refractivity contribution in [2.24, 2.45) is 0 Å². The average molecular weight is 374 g/mol. The van der Waals surface area contributed by atoms with E-state index < -0.39 is 0 Å². The van der Waals surface area contributed by atoms with E-state index in [1.165, 1.54) is 38.5 Å². The van der Waals surface area contributed by atoms with Gasteiger partial charge in [0.05, 0.1) is 0 Å². The molecule has 0 bridgehead atoms. The van der Waals surface area contributed by atoms with E-state index in [9.17, 15) is 0 Å². The summed E-state index contributed by atoms with van der Waals surface area (Å²) in [6.45, 7) is 20.0. The SMILES string of the molecule is CCCC[Si](CCCC)CCCC.[CH-]=O.[CH-]=O.[CH-]=O.[CH-]=O.[Co]. The fourth-order valence-corrected chi connectivity index (χ4v) is 4.97. The molecule has 0 aromatic carbocycles. The van der Waals surface area contributed by atoms with Gasteiger partial charge >= 0.3 is 0 Å². The summed E-state index contributed by atoms with van der Waals surface area (Å²) in [5, 5.41) is 0. The van der Waals surface area contributed by atoms with E-state index in [-0.39, 0.29) is 25.6 Å². The first kappa shape index (κ1) is 37.6.